The summed E-state index contributed by atoms with van der Waals surface area (Å²) in [6.07, 6.45) is 2.41. The molecule has 0 amide bonds. The lowest BCUT2D eigenvalue weighted by Crippen LogP contribution is -2.13. The van der Waals surface area contributed by atoms with Gasteiger partial charge in [0.05, 0.1) is 24.6 Å². The van der Waals surface area contributed by atoms with Crippen LogP contribution >= 0.6 is 0 Å². The van der Waals surface area contributed by atoms with Gasteiger partial charge < -0.3 is 13.9 Å². The van der Waals surface area contributed by atoms with Gasteiger partial charge in [-0.1, -0.05) is 29.8 Å². The molecule has 0 N–H and O–H groups in total. The number of fused-ring (bicyclic) bond motifs is 1. The number of nitrogens with zero attached hydrogens (tertiary/aromatic N) is 1. The molecule has 1 aliphatic rings. The molecule has 2 heterocycles. The van der Waals surface area contributed by atoms with Gasteiger partial charge in [-0.2, -0.15) is 0 Å². The minimum absolute atomic E-state index is 0.218. The summed E-state index contributed by atoms with van der Waals surface area (Å²) >= 11 is 0. The van der Waals surface area contributed by atoms with E-state index in [2.05, 4.69) is 31.2 Å². The molecule has 1 aromatic heterocycles. The maximum Gasteiger partial charge on any atom is 0.137 e. The lowest BCUT2D eigenvalue weighted by atomic mass is 10.1. The first-order chi connectivity index (χ1) is 13.2. The summed E-state index contributed by atoms with van der Waals surface area (Å²) in [5.74, 6) is 1.65. The fourth-order valence-electron chi connectivity index (χ4n) is 3.38. The van der Waals surface area contributed by atoms with Crippen molar-refractivity contribution in [1.82, 2.24) is 0 Å². The zero-order valence-corrected chi connectivity index (χ0v) is 15.9. The van der Waals surface area contributed by atoms with Gasteiger partial charge in [-0.15, -0.1) is 0 Å². The molecule has 0 radical (unpaired) electrons. The van der Waals surface area contributed by atoms with Gasteiger partial charge in [-0.3, -0.25) is 4.99 Å². The van der Waals surface area contributed by atoms with Crippen molar-refractivity contribution in [3.05, 3.63) is 59.5 Å². The molecule has 4 heteroatoms. The van der Waals surface area contributed by atoms with Crippen LogP contribution < -0.4 is 10.1 Å². The van der Waals surface area contributed by atoms with Crippen molar-refractivity contribution in [1.29, 1.82) is 0 Å². The first-order valence-electron chi connectivity index (χ1n) is 9.63. The molecule has 0 aliphatic carbocycles. The number of hydrogen-bond donors (Lipinski definition) is 0. The molecule has 2 aromatic carbocycles. The summed E-state index contributed by atoms with van der Waals surface area (Å²) in [6, 6.07) is 16.3. The summed E-state index contributed by atoms with van der Waals surface area (Å²) in [7, 11) is 0. The van der Waals surface area contributed by atoms with Crippen LogP contribution in [0.15, 0.2) is 57.9 Å². The third-order valence-corrected chi connectivity index (χ3v) is 4.85. The lowest BCUT2D eigenvalue weighted by molar-refractivity contribution is 0.117. The fraction of sp³-hybridized carbons (Fsp3) is 0.348. The SMILES string of the molecule is CCOc1ccc2oc(-c3ccc(C)cc3)cc(=NC[C@@H]3CCCO3)c2c1. The van der Waals surface area contributed by atoms with E-state index < -0.39 is 0 Å². The van der Waals surface area contributed by atoms with E-state index in [4.69, 9.17) is 18.9 Å². The van der Waals surface area contributed by atoms with Crippen molar-refractivity contribution >= 4 is 11.0 Å². The zero-order valence-electron chi connectivity index (χ0n) is 15.9. The van der Waals surface area contributed by atoms with Crippen molar-refractivity contribution in [2.24, 2.45) is 4.99 Å². The largest absolute Gasteiger partial charge is 0.494 e. The highest BCUT2D eigenvalue weighted by atomic mass is 16.5. The Hall–Kier alpha value is -2.59. The van der Waals surface area contributed by atoms with Crippen LogP contribution in [0.4, 0.5) is 0 Å². The quantitative estimate of drug-likeness (QED) is 0.648. The third-order valence-electron chi connectivity index (χ3n) is 4.85. The van der Waals surface area contributed by atoms with Crippen LogP contribution in [0.1, 0.15) is 25.3 Å². The maximum absolute atomic E-state index is 6.19. The van der Waals surface area contributed by atoms with Gasteiger partial charge in [0.25, 0.3) is 0 Å². The second kappa shape index (κ2) is 7.97. The number of ether oxygens (including phenoxy) is 2. The van der Waals surface area contributed by atoms with Crippen molar-refractivity contribution in [3.63, 3.8) is 0 Å². The van der Waals surface area contributed by atoms with Crippen LogP contribution in [0.25, 0.3) is 22.3 Å². The normalized spacial score (nSPS) is 17.6. The Morgan fingerprint density at radius 3 is 2.70 bits per heavy atom. The summed E-state index contributed by atoms with van der Waals surface area (Å²) in [5, 5.41) is 1.89. The number of aryl methyl sites for hydroxylation is 1. The smallest absolute Gasteiger partial charge is 0.137 e. The van der Waals surface area contributed by atoms with E-state index in [0.717, 1.165) is 52.8 Å². The number of hydrogen-bond acceptors (Lipinski definition) is 4. The van der Waals surface area contributed by atoms with Crippen molar-refractivity contribution < 1.29 is 13.9 Å². The minimum Gasteiger partial charge on any atom is -0.494 e. The Morgan fingerprint density at radius 1 is 1.11 bits per heavy atom. The van der Waals surface area contributed by atoms with E-state index in [1.165, 1.54) is 5.56 Å². The summed E-state index contributed by atoms with van der Waals surface area (Å²) in [6.45, 7) is 6.21. The molecule has 1 fully saturated rings. The van der Waals surface area contributed by atoms with Crippen LogP contribution in [0.2, 0.25) is 0 Å². The highest BCUT2D eigenvalue weighted by Gasteiger charge is 2.15. The highest BCUT2D eigenvalue weighted by molar-refractivity contribution is 5.80. The van der Waals surface area contributed by atoms with Gasteiger partial charge in [0.1, 0.15) is 17.1 Å². The maximum atomic E-state index is 6.19. The molecule has 0 bridgehead atoms. The zero-order chi connectivity index (χ0) is 18.6. The summed E-state index contributed by atoms with van der Waals surface area (Å²) < 4.78 is 17.6. The van der Waals surface area contributed by atoms with Gasteiger partial charge in [0.15, 0.2) is 0 Å². The Kier molecular flexibility index (Phi) is 5.26. The standard InChI is InChI=1S/C23H25NO3/c1-3-25-18-10-11-22-20(13-18)21(24-15-19-5-4-12-26-19)14-23(27-22)17-8-6-16(2)7-9-17/h6-11,13-14,19H,3-5,12,15H2,1-2H3/t19-/m0/s1. The molecule has 1 aliphatic heterocycles. The molecule has 4 rings (SSSR count). The predicted molar refractivity (Wildman–Crippen MR) is 107 cm³/mol. The fourth-order valence-corrected chi connectivity index (χ4v) is 3.38. The van der Waals surface area contributed by atoms with Crippen LogP contribution in [0, 0.1) is 6.92 Å². The van der Waals surface area contributed by atoms with Crippen LogP contribution in [-0.4, -0.2) is 25.9 Å². The first-order valence-corrected chi connectivity index (χ1v) is 9.63. The molecule has 1 atom stereocenters. The molecule has 27 heavy (non-hydrogen) atoms. The van der Waals surface area contributed by atoms with Gasteiger partial charge >= 0.3 is 0 Å². The monoisotopic (exact) mass is 363 g/mol. The summed E-state index contributed by atoms with van der Waals surface area (Å²) in [5.41, 5.74) is 3.08. The van der Waals surface area contributed by atoms with Crippen LogP contribution in [-0.2, 0) is 4.74 Å². The van der Waals surface area contributed by atoms with Crippen LogP contribution in [0.3, 0.4) is 0 Å². The second-order valence-corrected chi connectivity index (χ2v) is 6.93. The first kappa shape index (κ1) is 17.8. The molecule has 0 spiro atoms. The van der Waals surface area contributed by atoms with E-state index >= 15 is 0 Å². The second-order valence-electron chi connectivity index (χ2n) is 6.93. The molecule has 4 nitrogen and oxygen atoms in total. The molecule has 0 saturated carbocycles. The average Bonchev–Trinajstić information content (AvgIpc) is 3.20. The van der Waals surface area contributed by atoms with E-state index in [1.807, 2.05) is 31.2 Å². The Labute approximate surface area is 159 Å². The average molecular weight is 363 g/mol. The van der Waals surface area contributed by atoms with Gasteiger partial charge in [-0.25, -0.2) is 0 Å². The van der Waals surface area contributed by atoms with E-state index in [0.29, 0.717) is 13.2 Å². The number of rotatable bonds is 5. The van der Waals surface area contributed by atoms with E-state index in [-0.39, 0.29) is 6.10 Å². The summed E-state index contributed by atoms with van der Waals surface area (Å²) in [4.78, 5) is 4.88. The van der Waals surface area contributed by atoms with E-state index in [9.17, 15) is 0 Å². The minimum atomic E-state index is 0.218. The molecule has 0 unspecified atom stereocenters. The Bertz CT molecular complexity index is 983. The van der Waals surface area contributed by atoms with Crippen molar-refractivity contribution in [3.8, 4) is 17.1 Å². The predicted octanol–water partition coefficient (Wildman–Crippen LogP) is 4.89. The van der Waals surface area contributed by atoms with Crippen molar-refractivity contribution in [2.75, 3.05) is 19.8 Å². The molecular formula is C23H25NO3. The third kappa shape index (κ3) is 4.06. The highest BCUT2D eigenvalue weighted by Crippen LogP contribution is 2.25. The van der Waals surface area contributed by atoms with Gasteiger partial charge in [0.2, 0.25) is 0 Å². The molecule has 140 valence electrons. The van der Waals surface area contributed by atoms with Gasteiger partial charge in [0, 0.05) is 23.6 Å². The Balaban J connectivity index is 1.82. The van der Waals surface area contributed by atoms with Gasteiger partial charge in [-0.05, 0) is 44.9 Å². The van der Waals surface area contributed by atoms with E-state index in [1.54, 1.807) is 0 Å². The molecular weight excluding hydrogens is 338 g/mol. The lowest BCUT2D eigenvalue weighted by Gasteiger charge is -2.09. The Morgan fingerprint density at radius 2 is 1.96 bits per heavy atom. The molecule has 1 saturated heterocycles. The van der Waals surface area contributed by atoms with Crippen molar-refractivity contribution in [2.45, 2.75) is 32.8 Å². The van der Waals surface area contributed by atoms with Crippen LogP contribution in [0.5, 0.6) is 5.75 Å². The number of benzene rings is 2. The molecule has 3 aromatic rings. The topological polar surface area (TPSA) is 44.0 Å².